The summed E-state index contributed by atoms with van der Waals surface area (Å²) in [6.07, 6.45) is 7.39. The van der Waals surface area contributed by atoms with E-state index < -0.39 is 0 Å². The summed E-state index contributed by atoms with van der Waals surface area (Å²) in [6.45, 7) is 11.2. The van der Waals surface area contributed by atoms with Crippen molar-refractivity contribution in [2.24, 2.45) is 17.8 Å². The van der Waals surface area contributed by atoms with Crippen molar-refractivity contribution in [1.29, 1.82) is 0 Å². The summed E-state index contributed by atoms with van der Waals surface area (Å²) in [6, 6.07) is 7.16. The standard InChI is InChI=1S/C22H31FN2/c1-2-11-25-15-20(22(16-25)19-3-4-19)14-24-12-9-18(10-13-24)17-5-7-21(23)8-6-17/h2,5-8,18-20,22H,1,3-4,9-16H2. The van der Waals surface area contributed by atoms with Crippen LogP contribution in [0.4, 0.5) is 4.39 Å². The Hall–Kier alpha value is -1.19. The molecule has 0 spiro atoms. The largest absolute Gasteiger partial charge is 0.303 e. The normalized spacial score (nSPS) is 29.2. The predicted molar refractivity (Wildman–Crippen MR) is 101 cm³/mol. The number of rotatable bonds is 6. The van der Waals surface area contributed by atoms with Gasteiger partial charge in [0.15, 0.2) is 0 Å². The lowest BCUT2D eigenvalue weighted by molar-refractivity contribution is 0.165. The summed E-state index contributed by atoms with van der Waals surface area (Å²) in [4.78, 5) is 5.30. The van der Waals surface area contributed by atoms with E-state index in [9.17, 15) is 4.39 Å². The number of nitrogens with zero attached hydrogens (tertiary/aromatic N) is 2. The van der Waals surface area contributed by atoms with Crippen molar-refractivity contribution in [1.82, 2.24) is 9.80 Å². The summed E-state index contributed by atoms with van der Waals surface area (Å²) >= 11 is 0. The number of likely N-dealkylation sites (tertiary alicyclic amines) is 2. The second-order valence-corrected chi connectivity index (χ2v) is 8.40. The molecule has 0 aromatic heterocycles. The van der Waals surface area contributed by atoms with Crippen LogP contribution in [0.15, 0.2) is 36.9 Å². The smallest absolute Gasteiger partial charge is 0.123 e. The Balaban J connectivity index is 1.30. The highest BCUT2D eigenvalue weighted by molar-refractivity contribution is 5.21. The average Bonchev–Trinajstić information content (AvgIpc) is 3.39. The van der Waals surface area contributed by atoms with Gasteiger partial charge in [-0.15, -0.1) is 6.58 Å². The number of benzene rings is 1. The zero-order valence-corrected chi connectivity index (χ0v) is 15.2. The van der Waals surface area contributed by atoms with Crippen molar-refractivity contribution < 1.29 is 4.39 Å². The predicted octanol–water partition coefficient (Wildman–Crippen LogP) is 4.15. The van der Waals surface area contributed by atoms with Crippen LogP contribution in [0.5, 0.6) is 0 Å². The third-order valence-corrected chi connectivity index (χ3v) is 6.60. The van der Waals surface area contributed by atoms with Crippen LogP contribution in [-0.4, -0.2) is 49.1 Å². The van der Waals surface area contributed by atoms with Gasteiger partial charge in [0.1, 0.15) is 5.82 Å². The maximum absolute atomic E-state index is 13.1. The maximum atomic E-state index is 13.1. The molecular formula is C22H31FN2. The first-order valence-electron chi connectivity index (χ1n) is 10.0. The molecule has 1 saturated carbocycles. The average molecular weight is 343 g/mol. The van der Waals surface area contributed by atoms with E-state index in [0.29, 0.717) is 5.92 Å². The summed E-state index contributed by atoms with van der Waals surface area (Å²) in [7, 11) is 0. The van der Waals surface area contributed by atoms with Gasteiger partial charge in [-0.05, 0) is 80.1 Å². The zero-order chi connectivity index (χ0) is 17.2. The highest BCUT2D eigenvalue weighted by Crippen LogP contribution is 2.44. The fraction of sp³-hybridized carbons (Fsp3) is 0.636. The van der Waals surface area contributed by atoms with Gasteiger partial charge in [0.05, 0.1) is 0 Å². The number of hydrogen-bond acceptors (Lipinski definition) is 2. The molecule has 2 aliphatic heterocycles. The van der Waals surface area contributed by atoms with Crippen molar-refractivity contribution in [2.75, 3.05) is 39.3 Å². The molecule has 1 aromatic rings. The van der Waals surface area contributed by atoms with Gasteiger partial charge in [-0.1, -0.05) is 18.2 Å². The molecule has 2 saturated heterocycles. The van der Waals surface area contributed by atoms with Gasteiger partial charge >= 0.3 is 0 Å². The van der Waals surface area contributed by atoms with Crippen LogP contribution in [0.25, 0.3) is 0 Å². The Morgan fingerprint density at radius 3 is 2.36 bits per heavy atom. The molecule has 25 heavy (non-hydrogen) atoms. The topological polar surface area (TPSA) is 6.48 Å². The molecule has 136 valence electrons. The molecule has 3 fully saturated rings. The number of piperidine rings is 1. The monoisotopic (exact) mass is 342 g/mol. The molecule has 0 bridgehead atoms. The number of halogens is 1. The minimum atomic E-state index is -0.127. The lowest BCUT2D eigenvalue weighted by Gasteiger charge is -2.35. The molecule has 0 amide bonds. The SMILES string of the molecule is C=CCN1CC(CN2CCC(c3ccc(F)cc3)CC2)C(C2CC2)C1. The molecule has 1 aliphatic carbocycles. The van der Waals surface area contributed by atoms with Gasteiger partial charge in [0.25, 0.3) is 0 Å². The fourth-order valence-corrected chi connectivity index (χ4v) is 5.09. The third kappa shape index (κ3) is 4.15. The zero-order valence-electron chi connectivity index (χ0n) is 15.2. The highest BCUT2D eigenvalue weighted by Gasteiger charge is 2.42. The summed E-state index contributed by atoms with van der Waals surface area (Å²) in [5.41, 5.74) is 1.31. The molecule has 2 unspecified atom stereocenters. The highest BCUT2D eigenvalue weighted by atomic mass is 19.1. The molecular weight excluding hydrogens is 311 g/mol. The fourth-order valence-electron chi connectivity index (χ4n) is 5.09. The van der Waals surface area contributed by atoms with E-state index in [4.69, 9.17) is 0 Å². The van der Waals surface area contributed by atoms with Gasteiger partial charge in [-0.25, -0.2) is 4.39 Å². The van der Waals surface area contributed by atoms with Gasteiger partial charge < -0.3 is 4.90 Å². The summed E-state index contributed by atoms with van der Waals surface area (Å²) < 4.78 is 13.1. The first-order valence-corrected chi connectivity index (χ1v) is 10.0. The molecule has 2 nitrogen and oxygen atoms in total. The van der Waals surface area contributed by atoms with Crippen LogP contribution < -0.4 is 0 Å². The van der Waals surface area contributed by atoms with Crippen LogP contribution in [0.1, 0.15) is 37.2 Å². The molecule has 2 heterocycles. The van der Waals surface area contributed by atoms with Crippen molar-refractivity contribution in [3.8, 4) is 0 Å². The Morgan fingerprint density at radius 2 is 1.72 bits per heavy atom. The first-order chi connectivity index (χ1) is 12.2. The van der Waals surface area contributed by atoms with Crippen molar-refractivity contribution in [3.05, 3.63) is 48.3 Å². The van der Waals surface area contributed by atoms with E-state index >= 15 is 0 Å². The maximum Gasteiger partial charge on any atom is 0.123 e. The summed E-state index contributed by atoms with van der Waals surface area (Å²) in [5, 5.41) is 0. The Labute approximate surface area is 151 Å². The Morgan fingerprint density at radius 1 is 1.00 bits per heavy atom. The van der Waals surface area contributed by atoms with E-state index in [2.05, 4.69) is 22.5 Å². The van der Waals surface area contributed by atoms with Crippen LogP contribution in [0, 0.1) is 23.6 Å². The van der Waals surface area contributed by atoms with Crippen molar-refractivity contribution in [3.63, 3.8) is 0 Å². The van der Waals surface area contributed by atoms with Gasteiger partial charge in [0.2, 0.25) is 0 Å². The molecule has 0 N–H and O–H groups in total. The molecule has 1 aromatic carbocycles. The molecule has 0 radical (unpaired) electrons. The van der Waals surface area contributed by atoms with Gasteiger partial charge in [-0.3, -0.25) is 4.90 Å². The van der Waals surface area contributed by atoms with E-state index in [1.54, 1.807) is 12.1 Å². The Bertz CT molecular complexity index is 572. The van der Waals surface area contributed by atoms with E-state index in [1.807, 2.05) is 12.1 Å². The lowest BCUT2D eigenvalue weighted by atomic mass is 9.87. The summed E-state index contributed by atoms with van der Waals surface area (Å²) in [5.74, 6) is 3.23. The van der Waals surface area contributed by atoms with Crippen molar-refractivity contribution in [2.45, 2.75) is 31.6 Å². The van der Waals surface area contributed by atoms with E-state index in [1.165, 1.54) is 64.0 Å². The Kier molecular flexibility index (Phi) is 5.23. The quantitative estimate of drug-likeness (QED) is 0.717. The van der Waals surface area contributed by atoms with Crippen LogP contribution in [0.2, 0.25) is 0 Å². The minimum Gasteiger partial charge on any atom is -0.303 e. The third-order valence-electron chi connectivity index (χ3n) is 6.60. The first kappa shape index (κ1) is 17.2. The second kappa shape index (κ2) is 7.59. The van der Waals surface area contributed by atoms with Gasteiger partial charge in [0, 0.05) is 26.2 Å². The minimum absolute atomic E-state index is 0.127. The van der Waals surface area contributed by atoms with Crippen LogP contribution >= 0.6 is 0 Å². The van der Waals surface area contributed by atoms with Crippen molar-refractivity contribution >= 4 is 0 Å². The van der Waals surface area contributed by atoms with Crippen LogP contribution in [-0.2, 0) is 0 Å². The lowest BCUT2D eigenvalue weighted by Crippen LogP contribution is -2.38. The number of hydrogen-bond donors (Lipinski definition) is 0. The molecule has 2 atom stereocenters. The molecule has 3 heteroatoms. The molecule has 4 rings (SSSR count). The van der Waals surface area contributed by atoms with Gasteiger partial charge in [-0.2, -0.15) is 0 Å². The van der Waals surface area contributed by atoms with E-state index in [0.717, 1.165) is 24.3 Å². The molecule has 3 aliphatic rings. The second-order valence-electron chi connectivity index (χ2n) is 8.40. The van der Waals surface area contributed by atoms with Crippen LogP contribution in [0.3, 0.4) is 0 Å². The van der Waals surface area contributed by atoms with E-state index in [-0.39, 0.29) is 5.82 Å².